The standard InChI is InChI=1S/C23H33N5O2/c1-5-6-15-30-21-20(11-8-13-25-21)17-27-23(24-2)26-14-12-18-9-7-10-19(16-18)22(29)28(3)4/h7-11,13,16H,5-6,12,14-15,17H2,1-4H3,(H2,24,26,27). The number of nitrogens with zero attached hydrogens (tertiary/aromatic N) is 3. The van der Waals surface area contributed by atoms with Crippen LogP contribution < -0.4 is 15.4 Å². The average molecular weight is 412 g/mol. The van der Waals surface area contributed by atoms with Crippen LogP contribution in [-0.2, 0) is 13.0 Å². The van der Waals surface area contributed by atoms with Crippen molar-refractivity contribution in [3.63, 3.8) is 0 Å². The molecule has 0 bridgehead atoms. The van der Waals surface area contributed by atoms with E-state index in [1.807, 2.05) is 36.4 Å². The molecule has 0 aliphatic carbocycles. The molecule has 162 valence electrons. The summed E-state index contributed by atoms with van der Waals surface area (Å²) in [5, 5.41) is 6.62. The Balaban J connectivity index is 1.85. The van der Waals surface area contributed by atoms with Crippen molar-refractivity contribution in [3.8, 4) is 5.88 Å². The molecule has 0 fully saturated rings. The fourth-order valence-electron chi connectivity index (χ4n) is 2.84. The lowest BCUT2D eigenvalue weighted by Gasteiger charge is -2.14. The summed E-state index contributed by atoms with van der Waals surface area (Å²) in [7, 11) is 5.26. The summed E-state index contributed by atoms with van der Waals surface area (Å²) in [4.78, 5) is 22.3. The van der Waals surface area contributed by atoms with Crippen LogP contribution in [0.5, 0.6) is 5.88 Å². The Kier molecular flexibility index (Phi) is 9.64. The number of aliphatic imine (C=N–C) groups is 1. The normalized spacial score (nSPS) is 11.1. The summed E-state index contributed by atoms with van der Waals surface area (Å²) in [6.07, 6.45) is 4.62. The number of ether oxygens (including phenoxy) is 1. The minimum atomic E-state index is 0.00992. The largest absolute Gasteiger partial charge is 0.477 e. The average Bonchev–Trinajstić information content (AvgIpc) is 2.76. The molecule has 2 N–H and O–H groups in total. The summed E-state index contributed by atoms with van der Waals surface area (Å²) in [6, 6.07) is 11.6. The molecule has 2 rings (SSSR count). The fourth-order valence-corrected chi connectivity index (χ4v) is 2.84. The number of benzene rings is 1. The van der Waals surface area contributed by atoms with Gasteiger partial charge in [-0.25, -0.2) is 4.98 Å². The quantitative estimate of drug-likeness (QED) is 0.357. The van der Waals surface area contributed by atoms with Crippen molar-refractivity contribution < 1.29 is 9.53 Å². The van der Waals surface area contributed by atoms with E-state index in [1.165, 1.54) is 0 Å². The third-order valence-electron chi connectivity index (χ3n) is 4.54. The molecule has 0 radical (unpaired) electrons. The lowest BCUT2D eigenvalue weighted by atomic mass is 10.1. The first-order valence-corrected chi connectivity index (χ1v) is 10.4. The summed E-state index contributed by atoms with van der Waals surface area (Å²) in [5.74, 6) is 1.38. The second-order valence-corrected chi connectivity index (χ2v) is 7.17. The maximum atomic E-state index is 12.1. The molecular formula is C23H33N5O2. The maximum absolute atomic E-state index is 12.1. The second kappa shape index (κ2) is 12.5. The lowest BCUT2D eigenvalue weighted by Crippen LogP contribution is -2.38. The molecule has 2 aromatic rings. The Bertz CT molecular complexity index is 836. The number of carbonyl (C=O) groups excluding carboxylic acids is 1. The van der Waals surface area contributed by atoms with Crippen molar-refractivity contribution in [1.29, 1.82) is 0 Å². The first-order valence-electron chi connectivity index (χ1n) is 10.4. The van der Waals surface area contributed by atoms with E-state index in [4.69, 9.17) is 4.74 Å². The molecule has 1 amide bonds. The Hall–Kier alpha value is -3.09. The third-order valence-corrected chi connectivity index (χ3v) is 4.54. The zero-order valence-corrected chi connectivity index (χ0v) is 18.4. The van der Waals surface area contributed by atoms with E-state index in [0.29, 0.717) is 37.1 Å². The van der Waals surface area contributed by atoms with E-state index in [0.717, 1.165) is 30.4 Å². The van der Waals surface area contributed by atoms with Crippen molar-refractivity contribution >= 4 is 11.9 Å². The number of nitrogens with one attached hydrogen (secondary N) is 2. The van der Waals surface area contributed by atoms with Gasteiger partial charge in [-0.15, -0.1) is 0 Å². The van der Waals surface area contributed by atoms with Crippen LogP contribution in [0.2, 0.25) is 0 Å². The SMILES string of the molecule is CCCCOc1ncccc1CNC(=NC)NCCc1cccc(C(=O)N(C)C)c1. The molecule has 7 nitrogen and oxygen atoms in total. The number of hydrogen-bond acceptors (Lipinski definition) is 4. The van der Waals surface area contributed by atoms with Crippen molar-refractivity contribution in [1.82, 2.24) is 20.5 Å². The summed E-state index contributed by atoms with van der Waals surface area (Å²) in [5.41, 5.74) is 2.79. The van der Waals surface area contributed by atoms with E-state index >= 15 is 0 Å². The zero-order chi connectivity index (χ0) is 21.8. The topological polar surface area (TPSA) is 78.8 Å². The highest BCUT2D eigenvalue weighted by Gasteiger charge is 2.09. The van der Waals surface area contributed by atoms with Crippen LogP contribution in [0.15, 0.2) is 47.6 Å². The van der Waals surface area contributed by atoms with Crippen molar-refractivity contribution in [3.05, 3.63) is 59.3 Å². The van der Waals surface area contributed by atoms with Gasteiger partial charge in [0.05, 0.1) is 6.61 Å². The van der Waals surface area contributed by atoms with Gasteiger partial charge in [0, 0.05) is 51.6 Å². The highest BCUT2D eigenvalue weighted by molar-refractivity contribution is 5.94. The van der Waals surface area contributed by atoms with Gasteiger partial charge < -0.3 is 20.3 Å². The number of carbonyl (C=O) groups is 1. The first-order chi connectivity index (χ1) is 14.5. The minimum Gasteiger partial charge on any atom is -0.477 e. The number of aromatic nitrogens is 1. The minimum absolute atomic E-state index is 0.00992. The Morgan fingerprint density at radius 2 is 2.03 bits per heavy atom. The molecule has 0 atom stereocenters. The van der Waals surface area contributed by atoms with Gasteiger partial charge in [-0.1, -0.05) is 31.5 Å². The van der Waals surface area contributed by atoms with Crippen LogP contribution in [0.4, 0.5) is 0 Å². The summed E-state index contributed by atoms with van der Waals surface area (Å²) >= 11 is 0. The van der Waals surface area contributed by atoms with Crippen LogP contribution in [0.25, 0.3) is 0 Å². The molecule has 0 aliphatic rings. The molecular weight excluding hydrogens is 378 g/mol. The van der Waals surface area contributed by atoms with E-state index < -0.39 is 0 Å². The summed E-state index contributed by atoms with van der Waals surface area (Å²) in [6.45, 7) is 4.08. The monoisotopic (exact) mass is 411 g/mol. The smallest absolute Gasteiger partial charge is 0.253 e. The molecule has 1 heterocycles. The highest BCUT2D eigenvalue weighted by atomic mass is 16.5. The van der Waals surface area contributed by atoms with Crippen molar-refractivity contribution in [2.75, 3.05) is 34.3 Å². The molecule has 0 saturated heterocycles. The molecule has 0 unspecified atom stereocenters. The number of rotatable bonds is 10. The van der Waals surface area contributed by atoms with Gasteiger partial charge in [-0.3, -0.25) is 9.79 Å². The summed E-state index contributed by atoms with van der Waals surface area (Å²) < 4.78 is 5.79. The Labute approximate surface area is 179 Å². The van der Waals surface area contributed by atoms with Gasteiger partial charge in [-0.05, 0) is 36.6 Å². The van der Waals surface area contributed by atoms with Gasteiger partial charge in [0.1, 0.15) is 0 Å². The van der Waals surface area contributed by atoms with Crippen molar-refractivity contribution in [2.24, 2.45) is 4.99 Å². The number of unbranched alkanes of at least 4 members (excludes halogenated alkanes) is 1. The van der Waals surface area contributed by atoms with Gasteiger partial charge in [0.25, 0.3) is 5.91 Å². The van der Waals surface area contributed by atoms with Gasteiger partial charge in [-0.2, -0.15) is 0 Å². The Morgan fingerprint density at radius 1 is 1.20 bits per heavy atom. The third kappa shape index (κ3) is 7.39. The Morgan fingerprint density at radius 3 is 2.77 bits per heavy atom. The van der Waals surface area contributed by atoms with Gasteiger partial charge >= 0.3 is 0 Å². The van der Waals surface area contributed by atoms with E-state index in [-0.39, 0.29) is 5.91 Å². The lowest BCUT2D eigenvalue weighted by molar-refractivity contribution is 0.0827. The number of pyridine rings is 1. The molecule has 0 saturated carbocycles. The fraction of sp³-hybridized carbons (Fsp3) is 0.435. The first kappa shape index (κ1) is 23.2. The number of amides is 1. The van der Waals surface area contributed by atoms with E-state index in [1.54, 1.807) is 32.2 Å². The number of hydrogen-bond donors (Lipinski definition) is 2. The van der Waals surface area contributed by atoms with E-state index in [2.05, 4.69) is 27.5 Å². The highest BCUT2D eigenvalue weighted by Crippen LogP contribution is 2.14. The van der Waals surface area contributed by atoms with Gasteiger partial charge in [0.15, 0.2) is 5.96 Å². The predicted octanol–water partition coefficient (Wildman–Crippen LogP) is 2.87. The molecule has 7 heteroatoms. The second-order valence-electron chi connectivity index (χ2n) is 7.17. The van der Waals surface area contributed by atoms with Crippen LogP contribution in [-0.4, -0.2) is 56.0 Å². The zero-order valence-electron chi connectivity index (χ0n) is 18.4. The van der Waals surface area contributed by atoms with Crippen LogP contribution >= 0.6 is 0 Å². The van der Waals surface area contributed by atoms with E-state index in [9.17, 15) is 4.79 Å². The predicted molar refractivity (Wildman–Crippen MR) is 121 cm³/mol. The maximum Gasteiger partial charge on any atom is 0.253 e. The van der Waals surface area contributed by atoms with Gasteiger partial charge in [0.2, 0.25) is 5.88 Å². The molecule has 1 aromatic carbocycles. The molecule has 30 heavy (non-hydrogen) atoms. The van der Waals surface area contributed by atoms with Crippen LogP contribution in [0.1, 0.15) is 41.3 Å². The molecule has 0 aliphatic heterocycles. The van der Waals surface area contributed by atoms with Crippen molar-refractivity contribution in [2.45, 2.75) is 32.7 Å². The number of guanidine groups is 1. The van der Waals surface area contributed by atoms with Crippen LogP contribution in [0.3, 0.4) is 0 Å². The molecule has 0 spiro atoms. The molecule has 1 aromatic heterocycles. The van der Waals surface area contributed by atoms with Crippen LogP contribution in [0, 0.1) is 0 Å².